The molecule has 0 saturated heterocycles. The van der Waals surface area contributed by atoms with E-state index in [1.807, 2.05) is 0 Å². The first kappa shape index (κ1) is 17.6. The Balaban J connectivity index is 2.10. The van der Waals surface area contributed by atoms with E-state index in [1.54, 1.807) is 0 Å². The molecule has 3 rings (SSSR count). The van der Waals surface area contributed by atoms with Crippen LogP contribution in [-0.4, -0.2) is 28.6 Å². The van der Waals surface area contributed by atoms with E-state index >= 15 is 0 Å². The molecule has 0 atom stereocenters. The van der Waals surface area contributed by atoms with Gasteiger partial charge in [0.2, 0.25) is 5.78 Å². The lowest BCUT2D eigenvalue weighted by atomic mass is 9.98. The third kappa shape index (κ3) is 2.81. The number of Topliss-reactive ketones (excluding diaryl/α,β-unsaturated/α-hetero) is 2. The van der Waals surface area contributed by atoms with Gasteiger partial charge in [-0.15, -0.1) is 0 Å². The fraction of sp³-hybridized carbons (Fsp3) is 0.176. The predicted molar refractivity (Wildman–Crippen MR) is 84.5 cm³/mol. The maximum atomic E-state index is 13.1. The van der Waals surface area contributed by atoms with Crippen LogP contribution >= 0.6 is 0 Å². The number of hydrogen-bond acceptors (Lipinski definition) is 6. The van der Waals surface area contributed by atoms with Gasteiger partial charge in [0.05, 0.1) is 12.7 Å². The number of halogens is 3. The second kappa shape index (κ2) is 6.25. The van der Waals surface area contributed by atoms with Crippen molar-refractivity contribution in [2.24, 2.45) is 0 Å². The number of methoxy groups -OCH3 is 1. The van der Waals surface area contributed by atoms with Crippen LogP contribution in [0.4, 0.5) is 18.9 Å². The molecule has 1 aliphatic rings. The van der Waals surface area contributed by atoms with Crippen LogP contribution < -0.4 is 5.32 Å². The molecule has 1 N–H and O–H groups in total. The Morgan fingerprint density at radius 3 is 2.23 bits per heavy atom. The van der Waals surface area contributed by atoms with E-state index in [0.717, 1.165) is 6.07 Å². The topological polar surface area (TPSA) is 81.2 Å². The zero-order valence-electron chi connectivity index (χ0n) is 13.6. The minimum absolute atomic E-state index is 0.0258. The minimum atomic E-state index is -4.55. The van der Waals surface area contributed by atoms with Gasteiger partial charge >= 0.3 is 6.18 Å². The predicted octanol–water partition coefficient (Wildman–Crippen LogP) is 3.15. The second-order valence-corrected chi connectivity index (χ2v) is 5.42. The van der Waals surface area contributed by atoms with Gasteiger partial charge in [0.15, 0.2) is 5.76 Å². The third-order valence-corrected chi connectivity index (χ3v) is 3.89. The molecule has 1 aliphatic carbocycles. The largest absolute Gasteiger partial charge is 0.491 e. The number of carbonyl (C=O) groups is 2. The standard InChI is InChI=1S/C17H12F3N3O3/c1-8-9(17(18,19)20)4-3-5-10(8)23-13-14(24)11-12(22-7-6-21-11)15(25)16(13)26-2/h3-7,23H,1-2H3. The first-order valence-corrected chi connectivity index (χ1v) is 7.38. The summed E-state index contributed by atoms with van der Waals surface area (Å²) in [5.74, 6) is -1.71. The lowest BCUT2D eigenvalue weighted by molar-refractivity contribution is -0.138. The number of ketones is 2. The summed E-state index contributed by atoms with van der Waals surface area (Å²) in [6.07, 6.45) is -2.05. The molecule has 0 aliphatic heterocycles. The van der Waals surface area contributed by atoms with Crippen molar-refractivity contribution < 1.29 is 27.5 Å². The molecule has 0 amide bonds. The fourth-order valence-corrected chi connectivity index (χ4v) is 2.63. The van der Waals surface area contributed by atoms with Crippen LogP contribution in [0.3, 0.4) is 0 Å². The van der Waals surface area contributed by atoms with Crippen LogP contribution in [0.15, 0.2) is 42.0 Å². The van der Waals surface area contributed by atoms with Crippen LogP contribution in [0.1, 0.15) is 32.1 Å². The van der Waals surface area contributed by atoms with Crippen LogP contribution in [0, 0.1) is 6.92 Å². The van der Waals surface area contributed by atoms with Gasteiger partial charge in [0.25, 0.3) is 5.78 Å². The van der Waals surface area contributed by atoms with Crippen molar-refractivity contribution in [3.63, 3.8) is 0 Å². The first-order valence-electron chi connectivity index (χ1n) is 7.38. The smallest absolute Gasteiger partial charge is 0.416 e. The molecule has 0 spiro atoms. The van der Waals surface area contributed by atoms with Crippen LogP contribution in [-0.2, 0) is 10.9 Å². The van der Waals surface area contributed by atoms with Gasteiger partial charge < -0.3 is 10.1 Å². The van der Waals surface area contributed by atoms with E-state index in [0.29, 0.717) is 0 Å². The molecule has 0 fully saturated rings. The normalized spacial score (nSPS) is 14.3. The summed E-state index contributed by atoms with van der Waals surface area (Å²) in [5, 5.41) is 2.60. The number of alkyl halides is 3. The van der Waals surface area contributed by atoms with Gasteiger partial charge in [0.1, 0.15) is 17.1 Å². The van der Waals surface area contributed by atoms with Crippen LogP contribution in [0.25, 0.3) is 0 Å². The van der Waals surface area contributed by atoms with E-state index in [9.17, 15) is 22.8 Å². The van der Waals surface area contributed by atoms with Crippen molar-refractivity contribution in [3.8, 4) is 0 Å². The number of aromatic nitrogens is 2. The van der Waals surface area contributed by atoms with Crippen molar-refractivity contribution in [3.05, 3.63) is 64.6 Å². The number of hydrogen-bond donors (Lipinski definition) is 1. The van der Waals surface area contributed by atoms with E-state index < -0.39 is 23.3 Å². The Morgan fingerprint density at radius 1 is 1.04 bits per heavy atom. The van der Waals surface area contributed by atoms with Crippen molar-refractivity contribution in [1.82, 2.24) is 9.97 Å². The highest BCUT2D eigenvalue weighted by molar-refractivity contribution is 6.25. The Labute approximate surface area is 145 Å². The monoisotopic (exact) mass is 363 g/mol. The van der Waals surface area contributed by atoms with Crippen molar-refractivity contribution in [1.29, 1.82) is 0 Å². The number of ether oxygens (including phenoxy) is 1. The average molecular weight is 363 g/mol. The molecule has 0 bridgehead atoms. The summed E-state index contributed by atoms with van der Waals surface area (Å²) in [7, 11) is 1.18. The highest BCUT2D eigenvalue weighted by atomic mass is 19.4. The maximum Gasteiger partial charge on any atom is 0.416 e. The molecular weight excluding hydrogens is 351 g/mol. The summed E-state index contributed by atoms with van der Waals surface area (Å²) >= 11 is 0. The van der Waals surface area contributed by atoms with E-state index in [-0.39, 0.29) is 34.1 Å². The summed E-state index contributed by atoms with van der Waals surface area (Å²) in [4.78, 5) is 32.8. The van der Waals surface area contributed by atoms with Crippen LogP contribution in [0.5, 0.6) is 0 Å². The molecule has 134 valence electrons. The Morgan fingerprint density at radius 2 is 1.65 bits per heavy atom. The van der Waals surface area contributed by atoms with Gasteiger partial charge in [-0.2, -0.15) is 13.2 Å². The van der Waals surface area contributed by atoms with E-state index in [2.05, 4.69) is 15.3 Å². The van der Waals surface area contributed by atoms with Gasteiger partial charge in [-0.3, -0.25) is 9.59 Å². The van der Waals surface area contributed by atoms with Gasteiger partial charge in [-0.25, -0.2) is 9.97 Å². The molecule has 1 heterocycles. The number of nitrogens with one attached hydrogen (secondary N) is 1. The lowest BCUT2D eigenvalue weighted by Crippen LogP contribution is -2.29. The van der Waals surface area contributed by atoms with Gasteiger partial charge in [-0.05, 0) is 24.6 Å². The van der Waals surface area contributed by atoms with E-state index in [4.69, 9.17) is 4.74 Å². The molecule has 26 heavy (non-hydrogen) atoms. The van der Waals surface area contributed by atoms with Gasteiger partial charge in [-0.1, -0.05) is 6.07 Å². The van der Waals surface area contributed by atoms with Gasteiger partial charge in [0, 0.05) is 18.1 Å². The summed E-state index contributed by atoms with van der Waals surface area (Å²) in [6.45, 7) is 1.26. The quantitative estimate of drug-likeness (QED) is 0.902. The number of nitrogens with zero attached hydrogens (tertiary/aromatic N) is 2. The molecule has 6 nitrogen and oxygen atoms in total. The fourth-order valence-electron chi connectivity index (χ4n) is 2.63. The Hall–Kier alpha value is -3.23. The van der Waals surface area contributed by atoms with Crippen molar-refractivity contribution in [2.45, 2.75) is 13.1 Å². The molecule has 1 aromatic carbocycles. The molecule has 1 aromatic heterocycles. The van der Waals surface area contributed by atoms with E-state index in [1.165, 1.54) is 38.6 Å². The molecule has 9 heteroatoms. The second-order valence-electron chi connectivity index (χ2n) is 5.42. The molecule has 0 unspecified atom stereocenters. The number of carbonyl (C=O) groups excluding carboxylic acids is 2. The summed E-state index contributed by atoms with van der Waals surface area (Å²) in [5.41, 5.74) is -1.58. The highest BCUT2D eigenvalue weighted by Crippen LogP contribution is 2.35. The minimum Gasteiger partial charge on any atom is -0.491 e. The zero-order valence-corrected chi connectivity index (χ0v) is 13.6. The number of allylic oxidation sites excluding steroid dienone is 2. The summed E-state index contributed by atoms with van der Waals surface area (Å²) in [6, 6.07) is 3.50. The lowest BCUT2D eigenvalue weighted by Gasteiger charge is -2.21. The maximum absolute atomic E-state index is 13.1. The number of rotatable bonds is 3. The number of anilines is 1. The van der Waals surface area contributed by atoms with Crippen LogP contribution in [0.2, 0.25) is 0 Å². The molecule has 0 radical (unpaired) electrons. The Kier molecular flexibility index (Phi) is 4.23. The van der Waals surface area contributed by atoms with Crippen molar-refractivity contribution in [2.75, 3.05) is 12.4 Å². The highest BCUT2D eigenvalue weighted by Gasteiger charge is 2.37. The zero-order chi connectivity index (χ0) is 19.1. The first-order chi connectivity index (χ1) is 12.3. The molecule has 0 saturated carbocycles. The molecular formula is C17H12F3N3O3. The summed E-state index contributed by atoms with van der Waals surface area (Å²) < 4.78 is 44.3. The van der Waals surface area contributed by atoms with Crippen molar-refractivity contribution >= 4 is 17.3 Å². The number of fused-ring (bicyclic) bond motifs is 1. The average Bonchev–Trinajstić information content (AvgIpc) is 2.60. The third-order valence-electron chi connectivity index (χ3n) is 3.89. The Bertz CT molecular complexity index is 952. The number of benzene rings is 1. The molecule has 2 aromatic rings. The SMILES string of the molecule is COC1=C(Nc2cccc(C(F)(F)F)c2C)C(=O)c2nccnc2C1=O.